The van der Waals surface area contributed by atoms with Crippen LogP contribution in [-0.4, -0.2) is 59.3 Å². The molecule has 0 aliphatic carbocycles. The second-order valence-corrected chi connectivity index (χ2v) is 14.2. The largest absolute Gasteiger partial charge is 1.00 e. The average molecular weight is 765 g/mol. The molecule has 0 bridgehead atoms. The Kier molecular flexibility index (Phi) is 35.1. The predicted octanol–water partition coefficient (Wildman–Crippen LogP) is -12.2. The number of carbonyl (C=O) groups is 4. The van der Waals surface area contributed by atoms with E-state index in [4.69, 9.17) is 0 Å². The zero-order chi connectivity index (χ0) is 35.2. The van der Waals surface area contributed by atoms with Crippen LogP contribution in [0.3, 0.4) is 0 Å². The minimum absolute atomic E-state index is 0. The number of carboxylic acid groups (broad SMARTS) is 4. The summed E-state index contributed by atoms with van der Waals surface area (Å²) in [5.41, 5.74) is -4.49. The van der Waals surface area contributed by atoms with Gasteiger partial charge in [0.1, 0.15) is 9.49 Å². The number of hydrogen-bond acceptors (Lipinski definition) is 12. The molecule has 0 aromatic carbocycles. The van der Waals surface area contributed by atoms with E-state index in [0.717, 1.165) is 25.7 Å². The predicted molar refractivity (Wildman–Crippen MR) is 152 cm³/mol. The Morgan fingerprint density at radius 2 is 0.688 bits per heavy atom. The molecule has 260 valence electrons. The van der Waals surface area contributed by atoms with Crippen LogP contribution in [0.15, 0.2) is 0 Å². The van der Waals surface area contributed by atoms with Crippen molar-refractivity contribution in [1.29, 1.82) is 0 Å². The maximum absolute atomic E-state index is 11.9. The van der Waals surface area contributed by atoms with Gasteiger partial charge in [0.25, 0.3) is 20.2 Å². The molecule has 48 heavy (non-hydrogen) atoms. The summed E-state index contributed by atoms with van der Waals surface area (Å²) >= 11 is 0. The molecule has 14 nitrogen and oxygen atoms in total. The Balaban J connectivity index is -0.000000170. The quantitative estimate of drug-likeness (QED) is 0.0589. The van der Waals surface area contributed by atoms with Crippen LogP contribution in [0.4, 0.5) is 0 Å². The van der Waals surface area contributed by atoms with E-state index >= 15 is 0 Å². The number of unbranched alkanes of at least 4 members (excludes halogenated alkanes) is 6. The molecule has 0 rings (SSSR count). The van der Waals surface area contributed by atoms with Gasteiger partial charge in [-0.3, -0.25) is 9.11 Å². The molecule has 0 saturated carbocycles. The standard InChI is InChI=1S/2C14H26O7S.4Na/c2*1-4-7-8-9-10-14(12(17)18,22(19,20)21)13(5-2,6-3)11(15)16;;;;/h2*4-10H2,1-3H3,(H,15,16)(H,17,18)(H,19,20,21);;;;/q;;4*+1/p-4. The van der Waals surface area contributed by atoms with Crippen LogP contribution in [-0.2, 0) is 39.4 Å². The maximum Gasteiger partial charge on any atom is 1.00 e. The van der Waals surface area contributed by atoms with Crippen molar-refractivity contribution in [3.8, 4) is 0 Å². The van der Waals surface area contributed by atoms with Crippen molar-refractivity contribution in [3.05, 3.63) is 0 Å². The number of carboxylic acids is 4. The van der Waals surface area contributed by atoms with Gasteiger partial charge in [0.05, 0.1) is 11.9 Å². The fraction of sp³-hybridized carbons (Fsp3) is 0.857. The van der Waals surface area contributed by atoms with E-state index in [1.54, 1.807) is 0 Å². The molecule has 0 aromatic rings. The van der Waals surface area contributed by atoms with Crippen LogP contribution in [0.25, 0.3) is 0 Å². The SMILES string of the molecule is CCCCCCC(C(=O)[O-])(C(CC)(CC)C(=O)[O-])S(=O)(=O)O.CCCCCCC(C(=O)[O-])(C(CC)(CC)C(=O)[O-])S(=O)(=O)O.[Na+].[Na+].[Na+].[Na+]. The van der Waals surface area contributed by atoms with E-state index in [9.17, 15) is 65.5 Å². The zero-order valence-corrected chi connectivity index (χ0v) is 40.1. The monoisotopic (exact) mass is 764 g/mol. The molecular formula is C28H48Na4O14S2. The van der Waals surface area contributed by atoms with Gasteiger partial charge in [-0.1, -0.05) is 92.9 Å². The van der Waals surface area contributed by atoms with Crippen LogP contribution in [0.2, 0.25) is 0 Å². The van der Waals surface area contributed by atoms with Crippen molar-refractivity contribution in [2.24, 2.45) is 10.8 Å². The second kappa shape index (κ2) is 27.3. The molecule has 0 heterocycles. The Labute approximate surface area is 374 Å². The summed E-state index contributed by atoms with van der Waals surface area (Å²) in [4.78, 5) is 46.5. The summed E-state index contributed by atoms with van der Waals surface area (Å²) < 4.78 is 60.8. The molecule has 0 amide bonds. The first-order valence-electron chi connectivity index (χ1n) is 14.9. The summed E-state index contributed by atoms with van der Waals surface area (Å²) in [6.45, 7) is 9.25. The van der Waals surface area contributed by atoms with Crippen LogP contribution in [0.5, 0.6) is 0 Å². The first-order valence-corrected chi connectivity index (χ1v) is 17.8. The third-order valence-corrected chi connectivity index (χ3v) is 12.3. The van der Waals surface area contributed by atoms with E-state index in [1.807, 2.05) is 13.8 Å². The normalized spacial score (nSPS) is 14.0. The average Bonchev–Trinajstić information content (AvgIpc) is 2.90. The van der Waals surface area contributed by atoms with Gasteiger partial charge >= 0.3 is 118 Å². The molecule has 2 unspecified atom stereocenters. The van der Waals surface area contributed by atoms with E-state index in [1.165, 1.54) is 27.7 Å². The summed E-state index contributed by atoms with van der Waals surface area (Å²) in [5, 5.41) is 46.5. The fourth-order valence-corrected chi connectivity index (χ4v) is 9.14. The molecule has 0 aliphatic rings. The molecule has 0 radical (unpaired) electrons. The fourth-order valence-electron chi connectivity index (χ4n) is 6.19. The molecule has 0 aromatic heterocycles. The van der Waals surface area contributed by atoms with Gasteiger partial charge in [0.15, 0.2) is 0 Å². The van der Waals surface area contributed by atoms with Gasteiger partial charge in [-0.15, -0.1) is 0 Å². The van der Waals surface area contributed by atoms with E-state index < -0.39 is 77.3 Å². The number of aliphatic carboxylic acids is 4. The Hall–Kier alpha value is 1.70. The zero-order valence-electron chi connectivity index (χ0n) is 30.5. The Morgan fingerprint density at radius 1 is 0.458 bits per heavy atom. The third-order valence-electron chi connectivity index (χ3n) is 9.05. The minimum atomic E-state index is -5.22. The summed E-state index contributed by atoms with van der Waals surface area (Å²) in [6, 6.07) is 0. The molecule has 20 heteroatoms. The molecular weight excluding hydrogens is 716 g/mol. The molecule has 2 atom stereocenters. The Morgan fingerprint density at radius 3 is 0.812 bits per heavy atom. The van der Waals surface area contributed by atoms with Crippen molar-refractivity contribution in [1.82, 2.24) is 0 Å². The van der Waals surface area contributed by atoms with Gasteiger partial charge in [-0.25, -0.2) is 0 Å². The smallest absolute Gasteiger partial charge is 0.549 e. The number of carbonyl (C=O) groups excluding carboxylic acids is 4. The van der Waals surface area contributed by atoms with Gasteiger partial charge < -0.3 is 39.6 Å². The van der Waals surface area contributed by atoms with Gasteiger partial charge in [0, 0.05) is 22.8 Å². The van der Waals surface area contributed by atoms with E-state index in [2.05, 4.69) is 0 Å². The summed E-state index contributed by atoms with van der Waals surface area (Å²) in [5.74, 6) is -7.82. The van der Waals surface area contributed by atoms with E-state index in [0.29, 0.717) is 12.8 Å². The summed E-state index contributed by atoms with van der Waals surface area (Å²) in [6.07, 6.45) is 2.20. The molecule has 0 saturated heterocycles. The van der Waals surface area contributed by atoms with Crippen LogP contribution >= 0.6 is 0 Å². The number of rotatable bonds is 22. The van der Waals surface area contributed by atoms with Crippen LogP contribution in [0.1, 0.15) is 131 Å². The van der Waals surface area contributed by atoms with Crippen molar-refractivity contribution < 1.29 is 184 Å². The van der Waals surface area contributed by atoms with Crippen LogP contribution < -0.4 is 139 Å². The van der Waals surface area contributed by atoms with Crippen molar-refractivity contribution in [3.63, 3.8) is 0 Å². The molecule has 0 aliphatic heterocycles. The molecule has 0 spiro atoms. The second-order valence-electron chi connectivity index (χ2n) is 11.0. The number of hydrogen-bond donors (Lipinski definition) is 2. The topological polar surface area (TPSA) is 269 Å². The molecule has 2 N–H and O–H groups in total. The van der Waals surface area contributed by atoms with Crippen molar-refractivity contribution in [2.45, 2.75) is 141 Å². The summed E-state index contributed by atoms with van der Waals surface area (Å²) in [7, 11) is -10.4. The van der Waals surface area contributed by atoms with Crippen LogP contribution in [0, 0.1) is 10.8 Å². The molecule has 0 fully saturated rings. The minimum Gasteiger partial charge on any atom is -0.549 e. The Bertz CT molecular complexity index is 1100. The van der Waals surface area contributed by atoms with Gasteiger partial charge in [0.2, 0.25) is 0 Å². The van der Waals surface area contributed by atoms with Gasteiger partial charge in [-0.2, -0.15) is 16.8 Å². The maximum atomic E-state index is 11.9. The van der Waals surface area contributed by atoms with Crippen molar-refractivity contribution in [2.75, 3.05) is 0 Å². The first kappa shape index (κ1) is 61.7. The third kappa shape index (κ3) is 13.5. The first-order chi connectivity index (χ1) is 20.1. The van der Waals surface area contributed by atoms with E-state index in [-0.39, 0.29) is 157 Å². The van der Waals surface area contributed by atoms with Crippen molar-refractivity contribution >= 4 is 44.1 Å². The van der Waals surface area contributed by atoms with Gasteiger partial charge in [-0.05, 0) is 38.5 Å².